The lowest BCUT2D eigenvalue weighted by Gasteiger charge is -2.35. The van der Waals surface area contributed by atoms with Gasteiger partial charge in [-0.1, -0.05) is 0 Å². The first-order valence-corrected chi connectivity index (χ1v) is 11.2. The van der Waals surface area contributed by atoms with E-state index in [4.69, 9.17) is 14.9 Å². The smallest absolute Gasteiger partial charge is 0.414 e. The number of hydrogen-bond acceptors (Lipinski definition) is 9. The number of piperazine rings is 1. The monoisotopic (exact) mass is 475 g/mol. The average Bonchev–Trinajstić information content (AvgIpc) is 3.13. The molecular weight excluding hydrogens is 442 g/mol. The molecule has 0 aromatic heterocycles. The number of carbonyl (C=O) groups excluding carboxylic acids is 3. The first-order chi connectivity index (χ1) is 16.0. The Labute approximate surface area is 199 Å². The predicted octanol–water partition coefficient (Wildman–Crippen LogP) is 1.65. The van der Waals surface area contributed by atoms with E-state index in [1.165, 1.54) is 7.11 Å². The molecule has 3 rings (SSSR count). The van der Waals surface area contributed by atoms with Gasteiger partial charge in [0.15, 0.2) is 0 Å². The van der Waals surface area contributed by atoms with Crippen molar-refractivity contribution in [2.24, 2.45) is 0 Å². The Morgan fingerprint density at radius 2 is 1.74 bits per heavy atom. The number of benzene rings is 1. The summed E-state index contributed by atoms with van der Waals surface area (Å²) in [4.78, 5) is 41.6. The number of nitrogens with zero attached hydrogens (tertiary/aromatic N) is 3. The van der Waals surface area contributed by atoms with Gasteiger partial charge in [0.1, 0.15) is 17.5 Å². The highest BCUT2D eigenvalue weighted by molar-refractivity contribution is 6.04. The van der Waals surface area contributed by atoms with Gasteiger partial charge in [-0.3, -0.25) is 30.2 Å². The lowest BCUT2D eigenvalue weighted by atomic mass is 10.1. The summed E-state index contributed by atoms with van der Waals surface area (Å²) in [5.74, 6) is -0.311. The lowest BCUT2D eigenvalue weighted by Crippen LogP contribution is -2.50. The summed E-state index contributed by atoms with van der Waals surface area (Å²) in [5.41, 5.74) is 0.658. The standard InChI is InChI=1S/C23H33N5O6/c1-23(2,3)34-19(29)15-27-11-9-26(10-12-27)13-18-14-28(22(31)33-18)17-7-5-16(6-8-17)20(24)25-21(30)32-4/h5-8,18H,9-15H2,1-4H3,(H2,24,25,30). The van der Waals surface area contributed by atoms with Gasteiger partial charge in [0, 0.05) is 44.0 Å². The maximum Gasteiger partial charge on any atom is 0.414 e. The fourth-order valence-electron chi connectivity index (χ4n) is 3.84. The van der Waals surface area contributed by atoms with Crippen LogP contribution in [0.15, 0.2) is 24.3 Å². The Kier molecular flexibility index (Phi) is 8.11. The molecule has 0 bridgehead atoms. The first-order valence-electron chi connectivity index (χ1n) is 11.2. The van der Waals surface area contributed by atoms with Crippen LogP contribution in [0.25, 0.3) is 0 Å². The van der Waals surface area contributed by atoms with Crippen LogP contribution in [0.1, 0.15) is 26.3 Å². The first kappa shape index (κ1) is 25.4. The van der Waals surface area contributed by atoms with E-state index in [9.17, 15) is 14.4 Å². The van der Waals surface area contributed by atoms with E-state index in [1.54, 1.807) is 29.2 Å². The molecule has 1 unspecified atom stereocenters. The van der Waals surface area contributed by atoms with E-state index >= 15 is 0 Å². The minimum absolute atomic E-state index is 0.0916. The largest absolute Gasteiger partial charge is 0.459 e. The van der Waals surface area contributed by atoms with Crippen LogP contribution >= 0.6 is 0 Å². The molecule has 0 spiro atoms. The second kappa shape index (κ2) is 10.8. The number of carbonyl (C=O) groups is 3. The van der Waals surface area contributed by atoms with E-state index in [-0.39, 0.29) is 24.5 Å². The van der Waals surface area contributed by atoms with Crippen LogP contribution in [-0.2, 0) is 19.0 Å². The van der Waals surface area contributed by atoms with Crippen molar-refractivity contribution < 1.29 is 28.6 Å². The van der Waals surface area contributed by atoms with Gasteiger partial charge in [-0.2, -0.15) is 0 Å². The molecule has 2 amide bonds. The van der Waals surface area contributed by atoms with Gasteiger partial charge in [0.25, 0.3) is 0 Å². The molecule has 0 radical (unpaired) electrons. The number of anilines is 1. The van der Waals surface area contributed by atoms with Crippen molar-refractivity contribution in [2.45, 2.75) is 32.5 Å². The number of ether oxygens (including phenoxy) is 3. The quantitative estimate of drug-likeness (QED) is 0.275. The molecule has 1 atom stereocenters. The van der Waals surface area contributed by atoms with Gasteiger partial charge in [0.05, 0.1) is 20.2 Å². The number of methoxy groups -OCH3 is 1. The maximum atomic E-state index is 12.4. The van der Waals surface area contributed by atoms with E-state index in [0.717, 1.165) is 26.2 Å². The average molecular weight is 476 g/mol. The number of nitrogens with one attached hydrogen (secondary N) is 2. The fraction of sp³-hybridized carbons (Fsp3) is 0.565. The lowest BCUT2D eigenvalue weighted by molar-refractivity contribution is -0.156. The highest BCUT2D eigenvalue weighted by atomic mass is 16.6. The van der Waals surface area contributed by atoms with E-state index in [1.807, 2.05) is 20.8 Å². The molecule has 2 heterocycles. The van der Waals surface area contributed by atoms with Crippen molar-refractivity contribution >= 4 is 29.7 Å². The normalized spacial score (nSPS) is 19.5. The number of rotatable bonds is 6. The Hall–Kier alpha value is -3.18. The van der Waals surface area contributed by atoms with Gasteiger partial charge in [-0.25, -0.2) is 9.59 Å². The highest BCUT2D eigenvalue weighted by Crippen LogP contribution is 2.23. The predicted molar refractivity (Wildman–Crippen MR) is 125 cm³/mol. The van der Waals surface area contributed by atoms with Crippen LogP contribution in [0, 0.1) is 5.41 Å². The molecule has 2 aliphatic heterocycles. The van der Waals surface area contributed by atoms with E-state index in [0.29, 0.717) is 24.3 Å². The number of hydrogen-bond donors (Lipinski definition) is 2. The third kappa shape index (κ3) is 7.16. The molecule has 186 valence electrons. The Bertz CT molecular complexity index is 905. The van der Waals surface area contributed by atoms with Crippen molar-refractivity contribution in [2.75, 3.05) is 57.8 Å². The van der Waals surface area contributed by atoms with Crippen LogP contribution in [0.5, 0.6) is 0 Å². The SMILES string of the molecule is COC(=O)NC(=N)c1ccc(N2CC(CN3CCN(CC(=O)OC(C)(C)C)CC3)OC2=O)cc1. The number of esters is 1. The van der Waals surface area contributed by atoms with Gasteiger partial charge < -0.3 is 14.2 Å². The molecule has 2 saturated heterocycles. The second-order valence-electron chi connectivity index (χ2n) is 9.32. The summed E-state index contributed by atoms with van der Waals surface area (Å²) in [6.07, 6.45) is -1.39. The zero-order valence-electron chi connectivity index (χ0n) is 20.1. The summed E-state index contributed by atoms with van der Waals surface area (Å²) in [6, 6.07) is 6.72. The summed E-state index contributed by atoms with van der Waals surface area (Å²) < 4.78 is 15.4. The molecule has 0 saturated carbocycles. The minimum Gasteiger partial charge on any atom is -0.459 e. The van der Waals surface area contributed by atoms with Crippen LogP contribution in [-0.4, -0.2) is 98.4 Å². The number of alkyl carbamates (subject to hydrolysis) is 1. The Morgan fingerprint density at radius 3 is 2.32 bits per heavy atom. The topological polar surface area (TPSA) is 124 Å². The molecule has 11 heteroatoms. The van der Waals surface area contributed by atoms with Crippen LogP contribution in [0.4, 0.5) is 15.3 Å². The molecule has 2 N–H and O–H groups in total. The molecule has 2 aliphatic rings. The van der Waals surface area contributed by atoms with Gasteiger partial charge in [-0.05, 0) is 45.0 Å². The van der Waals surface area contributed by atoms with Crippen LogP contribution in [0.2, 0.25) is 0 Å². The summed E-state index contributed by atoms with van der Waals surface area (Å²) in [7, 11) is 1.23. The fourth-order valence-corrected chi connectivity index (χ4v) is 3.84. The summed E-state index contributed by atoms with van der Waals surface area (Å²) in [6.45, 7) is 9.95. The molecule has 1 aromatic carbocycles. The third-order valence-corrected chi connectivity index (χ3v) is 5.45. The molecular formula is C23H33N5O6. The Morgan fingerprint density at radius 1 is 1.12 bits per heavy atom. The molecule has 1 aromatic rings. The van der Waals surface area contributed by atoms with Gasteiger partial charge >= 0.3 is 18.2 Å². The number of cyclic esters (lactones) is 1. The van der Waals surface area contributed by atoms with Crippen molar-refractivity contribution in [1.82, 2.24) is 15.1 Å². The molecule has 0 aliphatic carbocycles. The second-order valence-corrected chi connectivity index (χ2v) is 9.32. The summed E-state index contributed by atoms with van der Waals surface area (Å²) >= 11 is 0. The minimum atomic E-state index is -0.717. The Balaban J connectivity index is 1.46. The molecule has 34 heavy (non-hydrogen) atoms. The van der Waals surface area contributed by atoms with Crippen molar-refractivity contribution in [1.29, 1.82) is 5.41 Å². The van der Waals surface area contributed by atoms with E-state index in [2.05, 4.69) is 19.9 Å². The van der Waals surface area contributed by atoms with Crippen LogP contribution in [0.3, 0.4) is 0 Å². The zero-order valence-corrected chi connectivity index (χ0v) is 20.1. The highest BCUT2D eigenvalue weighted by Gasteiger charge is 2.34. The third-order valence-electron chi connectivity index (χ3n) is 5.45. The van der Waals surface area contributed by atoms with Crippen LogP contribution < -0.4 is 10.2 Å². The summed E-state index contributed by atoms with van der Waals surface area (Å²) in [5, 5.41) is 10.2. The van der Waals surface area contributed by atoms with Gasteiger partial charge in [0.2, 0.25) is 0 Å². The number of amidine groups is 1. The zero-order chi connectivity index (χ0) is 24.9. The molecule has 11 nitrogen and oxygen atoms in total. The van der Waals surface area contributed by atoms with Crippen molar-refractivity contribution in [3.8, 4) is 0 Å². The maximum absolute atomic E-state index is 12.4. The van der Waals surface area contributed by atoms with Gasteiger partial charge in [-0.15, -0.1) is 0 Å². The van der Waals surface area contributed by atoms with Crippen molar-refractivity contribution in [3.05, 3.63) is 29.8 Å². The molecule has 2 fully saturated rings. The number of amides is 2. The van der Waals surface area contributed by atoms with Crippen molar-refractivity contribution in [3.63, 3.8) is 0 Å². The van der Waals surface area contributed by atoms with E-state index < -0.39 is 17.8 Å².